The molecule has 292 valence electrons. The monoisotopic (exact) mass is 794 g/mol. The number of para-hydroxylation sites is 3. The molecule has 2 aliphatic rings. The molecular weight excluding hydrogens is 757 g/mol. The van der Waals surface area contributed by atoms with Gasteiger partial charge in [0.1, 0.15) is 11.9 Å². The van der Waals surface area contributed by atoms with Crippen LogP contribution in [0.5, 0.6) is 5.75 Å². The standard InChI is InChI=1S/C57H38N4O/c1-4-14-37(15-5-1)39-26-30-41(31-27-39)55-58-56(60-57(59-55)44-19-12-18-43(36-44)38-16-6-2-7-17-38)42-32-28-40(29-33-42)46-23-13-24-47-48-34-35-51-52(54(48)62-53(46)47)49-22-10-11-25-50(49)61(51)45-20-8-3-9-21-45/h1-36,48,54H. The molecule has 0 radical (unpaired) electrons. The third-order valence-electron chi connectivity index (χ3n) is 12.3. The van der Waals surface area contributed by atoms with Gasteiger partial charge in [-0.15, -0.1) is 0 Å². The summed E-state index contributed by atoms with van der Waals surface area (Å²) in [5.74, 6) is 2.90. The Balaban J connectivity index is 0.912. The Kier molecular flexibility index (Phi) is 8.56. The molecule has 0 spiro atoms. The van der Waals surface area contributed by atoms with E-state index >= 15 is 0 Å². The van der Waals surface area contributed by atoms with Crippen molar-refractivity contribution >= 4 is 17.0 Å². The van der Waals surface area contributed by atoms with Crippen molar-refractivity contribution < 1.29 is 4.74 Å². The minimum Gasteiger partial charge on any atom is -0.484 e. The van der Waals surface area contributed by atoms with Gasteiger partial charge in [-0.05, 0) is 58.2 Å². The maximum atomic E-state index is 7.11. The number of nitrogens with zero attached hydrogens (tertiary/aromatic N) is 4. The maximum Gasteiger partial charge on any atom is 0.164 e. The van der Waals surface area contributed by atoms with E-state index in [1.165, 1.54) is 33.3 Å². The third kappa shape index (κ3) is 6.13. The van der Waals surface area contributed by atoms with Gasteiger partial charge in [0.05, 0.1) is 11.2 Å². The van der Waals surface area contributed by atoms with Crippen LogP contribution in [-0.4, -0.2) is 19.5 Å². The van der Waals surface area contributed by atoms with Crippen LogP contribution in [0.4, 0.5) is 0 Å². The first-order valence-corrected chi connectivity index (χ1v) is 21.1. The fourth-order valence-corrected chi connectivity index (χ4v) is 9.25. The predicted molar refractivity (Wildman–Crippen MR) is 251 cm³/mol. The molecule has 0 saturated heterocycles. The number of rotatable bonds is 7. The summed E-state index contributed by atoms with van der Waals surface area (Å²) in [6.07, 6.45) is 4.48. The molecule has 0 saturated carbocycles. The largest absolute Gasteiger partial charge is 0.484 e. The van der Waals surface area contributed by atoms with Crippen molar-refractivity contribution in [1.29, 1.82) is 0 Å². The van der Waals surface area contributed by atoms with Crippen molar-refractivity contribution in [1.82, 2.24) is 19.5 Å². The number of fused-ring (bicyclic) bond motifs is 7. The van der Waals surface area contributed by atoms with Gasteiger partial charge < -0.3 is 9.30 Å². The van der Waals surface area contributed by atoms with Gasteiger partial charge in [-0.25, -0.2) is 15.0 Å². The molecule has 10 aromatic rings. The van der Waals surface area contributed by atoms with Crippen LogP contribution in [0.25, 0.3) is 90.2 Å². The van der Waals surface area contributed by atoms with Gasteiger partial charge in [0.2, 0.25) is 0 Å². The second-order valence-electron chi connectivity index (χ2n) is 15.9. The second kappa shape index (κ2) is 14.8. The smallest absolute Gasteiger partial charge is 0.164 e. The van der Waals surface area contributed by atoms with Gasteiger partial charge in [-0.3, -0.25) is 0 Å². The summed E-state index contributed by atoms with van der Waals surface area (Å²) in [5.41, 5.74) is 15.4. The summed E-state index contributed by atoms with van der Waals surface area (Å²) < 4.78 is 9.47. The van der Waals surface area contributed by atoms with E-state index < -0.39 is 0 Å². The summed E-state index contributed by atoms with van der Waals surface area (Å²) in [6.45, 7) is 0. The first-order valence-electron chi connectivity index (χ1n) is 21.1. The Hall–Kier alpha value is -8.15. The minimum atomic E-state index is -0.135. The van der Waals surface area contributed by atoms with E-state index in [9.17, 15) is 0 Å². The van der Waals surface area contributed by atoms with Gasteiger partial charge in [0.25, 0.3) is 0 Å². The zero-order valence-corrected chi connectivity index (χ0v) is 33.6. The highest BCUT2D eigenvalue weighted by molar-refractivity contribution is 5.92. The summed E-state index contributed by atoms with van der Waals surface area (Å²) in [6, 6.07) is 72.1. The SMILES string of the molecule is C1=CC2c3cccc(-c4ccc(-c5nc(-c6ccc(-c7ccccc7)cc6)nc(-c6cccc(-c7ccccc7)c6)n5)cc4)c3OC2c2c1n(-c1ccccc1)c1ccccc21. The Bertz CT molecular complexity index is 3300. The number of aromatic nitrogens is 4. The van der Waals surface area contributed by atoms with Gasteiger partial charge in [-0.1, -0.05) is 188 Å². The molecule has 0 fully saturated rings. The average molecular weight is 795 g/mol. The zero-order chi connectivity index (χ0) is 41.0. The van der Waals surface area contributed by atoms with E-state index in [1.807, 2.05) is 12.1 Å². The van der Waals surface area contributed by atoms with Crippen LogP contribution in [0.15, 0.2) is 212 Å². The highest BCUT2D eigenvalue weighted by Gasteiger charge is 2.41. The third-order valence-corrected chi connectivity index (χ3v) is 12.3. The van der Waals surface area contributed by atoms with E-state index in [0.29, 0.717) is 17.5 Å². The Morgan fingerprint density at radius 3 is 1.63 bits per heavy atom. The number of hydrogen-bond donors (Lipinski definition) is 0. The lowest BCUT2D eigenvalue weighted by atomic mass is 9.85. The van der Waals surface area contributed by atoms with Crippen LogP contribution in [0.2, 0.25) is 0 Å². The number of ether oxygens (including phenoxy) is 1. The van der Waals surface area contributed by atoms with Crippen molar-refractivity contribution in [3.05, 3.63) is 229 Å². The molecule has 5 nitrogen and oxygen atoms in total. The van der Waals surface area contributed by atoms with Crippen LogP contribution >= 0.6 is 0 Å². The molecule has 1 aliphatic heterocycles. The molecule has 1 aliphatic carbocycles. The molecule has 2 aromatic heterocycles. The molecule has 3 heterocycles. The summed E-state index contributed by atoms with van der Waals surface area (Å²) >= 11 is 0. The van der Waals surface area contributed by atoms with Crippen molar-refractivity contribution in [2.45, 2.75) is 12.0 Å². The molecule has 12 rings (SSSR count). The highest BCUT2D eigenvalue weighted by atomic mass is 16.5. The quantitative estimate of drug-likeness (QED) is 0.161. The van der Waals surface area contributed by atoms with Crippen LogP contribution in [0.1, 0.15) is 28.8 Å². The van der Waals surface area contributed by atoms with E-state index in [-0.39, 0.29) is 12.0 Å². The van der Waals surface area contributed by atoms with Crippen molar-refractivity contribution in [3.63, 3.8) is 0 Å². The lowest BCUT2D eigenvalue weighted by Crippen LogP contribution is -2.13. The molecule has 0 bridgehead atoms. The van der Waals surface area contributed by atoms with Gasteiger partial charge in [0.15, 0.2) is 17.5 Å². The Morgan fingerprint density at radius 1 is 0.419 bits per heavy atom. The lowest BCUT2D eigenvalue weighted by Gasteiger charge is -2.22. The molecule has 2 atom stereocenters. The first-order chi connectivity index (χ1) is 30.7. The van der Waals surface area contributed by atoms with E-state index in [4.69, 9.17) is 19.7 Å². The van der Waals surface area contributed by atoms with Crippen LogP contribution in [-0.2, 0) is 0 Å². The fraction of sp³-hybridized carbons (Fsp3) is 0.0351. The molecule has 0 N–H and O–H groups in total. The summed E-state index contributed by atoms with van der Waals surface area (Å²) in [7, 11) is 0. The number of benzene rings is 8. The minimum absolute atomic E-state index is 0.107. The van der Waals surface area contributed by atoms with E-state index in [2.05, 4.69) is 211 Å². The normalized spacial score (nSPS) is 14.8. The molecule has 0 amide bonds. The number of hydrogen-bond acceptors (Lipinski definition) is 4. The van der Waals surface area contributed by atoms with E-state index in [0.717, 1.165) is 55.9 Å². The highest BCUT2D eigenvalue weighted by Crippen LogP contribution is 2.55. The van der Waals surface area contributed by atoms with Crippen molar-refractivity contribution in [2.75, 3.05) is 0 Å². The van der Waals surface area contributed by atoms with Crippen LogP contribution < -0.4 is 4.74 Å². The predicted octanol–water partition coefficient (Wildman–Crippen LogP) is 14.1. The van der Waals surface area contributed by atoms with E-state index in [1.54, 1.807) is 0 Å². The molecule has 62 heavy (non-hydrogen) atoms. The van der Waals surface area contributed by atoms with Gasteiger partial charge in [0, 0.05) is 50.4 Å². The molecular formula is C57H38N4O. The maximum absolute atomic E-state index is 7.11. The van der Waals surface area contributed by atoms with Gasteiger partial charge in [-0.2, -0.15) is 0 Å². The van der Waals surface area contributed by atoms with Crippen molar-refractivity contribution in [2.24, 2.45) is 0 Å². The molecule has 2 unspecified atom stereocenters. The van der Waals surface area contributed by atoms with Gasteiger partial charge >= 0.3 is 0 Å². The Labute approximate surface area is 360 Å². The average Bonchev–Trinajstić information content (AvgIpc) is 3.91. The van der Waals surface area contributed by atoms with Crippen molar-refractivity contribution in [3.8, 4) is 79.0 Å². The Morgan fingerprint density at radius 2 is 0.935 bits per heavy atom. The summed E-state index contributed by atoms with van der Waals surface area (Å²) in [4.78, 5) is 15.3. The molecule has 8 aromatic carbocycles. The fourth-order valence-electron chi connectivity index (χ4n) is 9.25. The van der Waals surface area contributed by atoms with Crippen LogP contribution in [0, 0.1) is 0 Å². The van der Waals surface area contributed by atoms with Crippen LogP contribution in [0.3, 0.4) is 0 Å². The molecule has 5 heteroatoms. The zero-order valence-electron chi connectivity index (χ0n) is 33.6. The second-order valence-corrected chi connectivity index (χ2v) is 15.9. The lowest BCUT2D eigenvalue weighted by molar-refractivity contribution is 0.225. The topological polar surface area (TPSA) is 52.8 Å². The summed E-state index contributed by atoms with van der Waals surface area (Å²) in [5, 5.41) is 1.22. The first kappa shape index (κ1) is 35.8.